The van der Waals surface area contributed by atoms with E-state index in [-0.39, 0.29) is 17.6 Å². The first-order valence-electron chi connectivity index (χ1n) is 9.76. The maximum atomic E-state index is 12.7. The molecule has 1 aliphatic rings. The van der Waals surface area contributed by atoms with Crippen LogP contribution < -0.4 is 11.1 Å². The molecule has 2 aromatic carbocycles. The number of carbonyl (C=O) groups excluding carboxylic acids is 1. The van der Waals surface area contributed by atoms with Crippen molar-refractivity contribution in [2.24, 2.45) is 13.0 Å². The van der Waals surface area contributed by atoms with Crippen LogP contribution >= 0.6 is 0 Å². The topological polar surface area (TPSA) is 102 Å². The van der Waals surface area contributed by atoms with E-state index in [1.165, 1.54) is 8.87 Å². The Morgan fingerprint density at radius 1 is 1.13 bits per heavy atom. The average molecular weight is 429 g/mol. The molecule has 8 nitrogen and oxygen atoms in total. The number of aromatic nitrogens is 1. The number of nitrogens with one attached hydrogen (secondary N) is 1. The lowest BCUT2D eigenvalue weighted by molar-refractivity contribution is -0.120. The molecular formula is C21H23N3O5S. The van der Waals surface area contributed by atoms with Gasteiger partial charge in [-0.1, -0.05) is 30.3 Å². The lowest BCUT2D eigenvalue weighted by Gasteiger charge is -2.30. The molecule has 4 rings (SSSR count). The highest BCUT2D eigenvalue weighted by Gasteiger charge is 2.31. The van der Waals surface area contributed by atoms with E-state index in [9.17, 15) is 18.0 Å². The van der Waals surface area contributed by atoms with Crippen molar-refractivity contribution < 1.29 is 17.6 Å². The number of rotatable bonds is 5. The normalized spacial score (nSPS) is 16.0. The number of sulfonamides is 1. The minimum Gasteiger partial charge on any atom is -0.408 e. The van der Waals surface area contributed by atoms with Crippen molar-refractivity contribution in [3.63, 3.8) is 0 Å². The average Bonchev–Trinajstić information content (AvgIpc) is 3.02. The molecule has 3 aromatic rings. The molecule has 1 saturated heterocycles. The largest absolute Gasteiger partial charge is 0.419 e. The minimum absolute atomic E-state index is 0.0336. The molecule has 2 heterocycles. The van der Waals surface area contributed by atoms with Gasteiger partial charge in [0.05, 0.1) is 11.3 Å². The number of hydrogen-bond acceptors (Lipinski definition) is 5. The van der Waals surface area contributed by atoms with Crippen LogP contribution in [0.3, 0.4) is 0 Å². The van der Waals surface area contributed by atoms with E-state index in [1.807, 2.05) is 18.2 Å². The van der Waals surface area contributed by atoms with Gasteiger partial charge in [-0.3, -0.25) is 9.36 Å². The number of carbonyl (C=O) groups is 1. The second-order valence-electron chi connectivity index (χ2n) is 7.51. The number of fused-ring (bicyclic) bond motifs is 1. The van der Waals surface area contributed by atoms with Gasteiger partial charge in [-0.05, 0) is 36.6 Å². The number of nitrogens with zero attached hydrogens (tertiary/aromatic N) is 2. The van der Waals surface area contributed by atoms with Gasteiger partial charge in [0.25, 0.3) is 0 Å². The third-order valence-electron chi connectivity index (χ3n) is 5.47. The highest BCUT2D eigenvalue weighted by Crippen LogP contribution is 2.24. The van der Waals surface area contributed by atoms with Crippen molar-refractivity contribution in [2.45, 2.75) is 18.6 Å². The fourth-order valence-electron chi connectivity index (χ4n) is 3.72. The summed E-state index contributed by atoms with van der Waals surface area (Å²) in [6.07, 6.45) is 0.929. The Bertz CT molecular complexity index is 1220. The molecule has 0 atom stereocenters. The van der Waals surface area contributed by atoms with Crippen LogP contribution in [0, 0.1) is 5.92 Å². The number of oxazole rings is 1. The fourth-order valence-corrected chi connectivity index (χ4v) is 5.28. The predicted molar refractivity (Wildman–Crippen MR) is 113 cm³/mol. The zero-order chi connectivity index (χ0) is 21.3. The van der Waals surface area contributed by atoms with Crippen molar-refractivity contribution in [1.82, 2.24) is 8.87 Å². The molecule has 9 heteroatoms. The summed E-state index contributed by atoms with van der Waals surface area (Å²) in [6, 6.07) is 14.1. The van der Waals surface area contributed by atoms with E-state index in [0.717, 1.165) is 5.56 Å². The SMILES string of the molecule is Cn1c(=O)oc2ccc(NC(=O)C3CCN(S(=O)(=O)Cc4ccccc4)CC3)cc21. The van der Waals surface area contributed by atoms with Crippen molar-refractivity contribution >= 4 is 32.7 Å². The molecule has 30 heavy (non-hydrogen) atoms. The first kappa shape index (κ1) is 20.4. The molecule has 0 aliphatic carbocycles. The molecule has 0 unspecified atom stereocenters. The van der Waals surface area contributed by atoms with Crippen molar-refractivity contribution in [2.75, 3.05) is 18.4 Å². The maximum Gasteiger partial charge on any atom is 0.419 e. The number of aryl methyl sites for hydroxylation is 1. The zero-order valence-electron chi connectivity index (χ0n) is 16.6. The molecule has 0 bridgehead atoms. The van der Waals surface area contributed by atoms with Gasteiger partial charge in [-0.25, -0.2) is 17.5 Å². The quantitative estimate of drug-likeness (QED) is 0.671. The molecule has 1 aromatic heterocycles. The standard InChI is InChI=1S/C21H23N3O5S/c1-23-18-13-17(7-8-19(18)29-21(23)26)22-20(25)16-9-11-24(12-10-16)30(27,28)14-15-5-3-2-4-6-15/h2-8,13,16H,9-12,14H2,1H3,(H,22,25). The summed E-state index contributed by atoms with van der Waals surface area (Å²) in [5.74, 6) is -0.911. The third kappa shape index (κ3) is 4.17. The Balaban J connectivity index is 1.37. The van der Waals surface area contributed by atoms with Gasteiger partial charge in [0.15, 0.2) is 5.58 Å². The molecule has 1 aliphatic heterocycles. The van der Waals surface area contributed by atoms with Gasteiger partial charge in [0, 0.05) is 31.7 Å². The second-order valence-corrected chi connectivity index (χ2v) is 9.48. The summed E-state index contributed by atoms with van der Waals surface area (Å²) in [5.41, 5.74) is 2.38. The number of hydrogen-bond donors (Lipinski definition) is 1. The van der Waals surface area contributed by atoms with Crippen molar-refractivity contribution in [1.29, 1.82) is 0 Å². The summed E-state index contributed by atoms with van der Waals surface area (Å²) in [5, 5.41) is 2.87. The van der Waals surface area contributed by atoms with E-state index in [1.54, 1.807) is 37.4 Å². The Morgan fingerprint density at radius 2 is 1.83 bits per heavy atom. The lowest BCUT2D eigenvalue weighted by Crippen LogP contribution is -2.41. The van der Waals surface area contributed by atoms with Crippen LogP contribution in [0.5, 0.6) is 0 Å². The van der Waals surface area contributed by atoms with Gasteiger partial charge < -0.3 is 9.73 Å². The van der Waals surface area contributed by atoms with Gasteiger partial charge in [-0.2, -0.15) is 0 Å². The van der Waals surface area contributed by atoms with Crippen LogP contribution in [0.2, 0.25) is 0 Å². The molecule has 1 amide bonds. The highest BCUT2D eigenvalue weighted by molar-refractivity contribution is 7.88. The van der Waals surface area contributed by atoms with E-state index in [2.05, 4.69) is 5.32 Å². The van der Waals surface area contributed by atoms with Crippen LogP contribution in [-0.2, 0) is 27.6 Å². The molecule has 1 N–H and O–H groups in total. The van der Waals surface area contributed by atoms with Gasteiger partial charge >= 0.3 is 5.76 Å². The lowest BCUT2D eigenvalue weighted by atomic mass is 9.97. The van der Waals surface area contributed by atoms with Gasteiger partial charge in [-0.15, -0.1) is 0 Å². The Kier molecular flexibility index (Phi) is 5.48. The summed E-state index contributed by atoms with van der Waals surface area (Å²) in [7, 11) is -1.81. The van der Waals surface area contributed by atoms with Gasteiger partial charge in [0.2, 0.25) is 15.9 Å². The van der Waals surface area contributed by atoms with Crippen LogP contribution in [0.1, 0.15) is 18.4 Å². The van der Waals surface area contributed by atoms with E-state index in [0.29, 0.717) is 42.7 Å². The third-order valence-corrected chi connectivity index (χ3v) is 7.32. The summed E-state index contributed by atoms with van der Waals surface area (Å²) < 4.78 is 33.3. The number of anilines is 1. The summed E-state index contributed by atoms with van der Waals surface area (Å²) >= 11 is 0. The Labute approximate surface area is 174 Å². The second kappa shape index (κ2) is 8.08. The van der Waals surface area contributed by atoms with E-state index in [4.69, 9.17) is 4.42 Å². The number of amides is 1. The zero-order valence-corrected chi connectivity index (χ0v) is 17.4. The van der Waals surface area contributed by atoms with Crippen LogP contribution in [-0.4, -0.2) is 36.3 Å². The van der Waals surface area contributed by atoms with Gasteiger partial charge in [0.1, 0.15) is 0 Å². The monoisotopic (exact) mass is 429 g/mol. The fraction of sp³-hybridized carbons (Fsp3) is 0.333. The molecule has 0 spiro atoms. The van der Waals surface area contributed by atoms with Crippen molar-refractivity contribution in [3.8, 4) is 0 Å². The Morgan fingerprint density at radius 3 is 2.53 bits per heavy atom. The molecule has 0 radical (unpaired) electrons. The molecule has 1 fully saturated rings. The molecular weight excluding hydrogens is 406 g/mol. The van der Waals surface area contributed by atoms with E-state index >= 15 is 0 Å². The first-order valence-corrected chi connectivity index (χ1v) is 11.4. The minimum atomic E-state index is -3.41. The molecule has 0 saturated carbocycles. The van der Waals surface area contributed by atoms with Crippen molar-refractivity contribution in [3.05, 3.63) is 64.6 Å². The smallest absolute Gasteiger partial charge is 0.408 e. The summed E-state index contributed by atoms with van der Waals surface area (Å²) in [6.45, 7) is 0.644. The summed E-state index contributed by atoms with van der Waals surface area (Å²) in [4.78, 5) is 24.3. The number of piperidine rings is 1. The van der Waals surface area contributed by atoms with Crippen LogP contribution in [0.15, 0.2) is 57.7 Å². The number of benzene rings is 2. The highest BCUT2D eigenvalue weighted by atomic mass is 32.2. The predicted octanol–water partition coefficient (Wildman–Crippen LogP) is 2.31. The van der Waals surface area contributed by atoms with Crippen LogP contribution in [0.4, 0.5) is 5.69 Å². The maximum absolute atomic E-state index is 12.7. The van der Waals surface area contributed by atoms with Crippen LogP contribution in [0.25, 0.3) is 11.1 Å². The van der Waals surface area contributed by atoms with E-state index < -0.39 is 15.8 Å². The first-order chi connectivity index (χ1) is 14.3. The molecule has 158 valence electrons. The Hall–Kier alpha value is -2.91.